The molecule has 118 valence electrons. The van der Waals surface area contributed by atoms with Crippen LogP contribution in [0.1, 0.15) is 18.4 Å². The molecule has 1 aromatic carbocycles. The molecule has 0 saturated heterocycles. The number of hydrogen-bond acceptors (Lipinski definition) is 4. The average Bonchev–Trinajstić information content (AvgIpc) is 3.11. The standard InChI is InChI=1S/C11H12Cl3NO4S2/c1-6-9(21(14,18)19)4-8(12)11(10(6)13)15-20(16,17)5-7-2-3-7/h4,7,15H,2-3,5H2,1H3. The van der Waals surface area contributed by atoms with E-state index >= 15 is 0 Å². The van der Waals surface area contributed by atoms with Crippen LogP contribution in [0, 0.1) is 12.8 Å². The zero-order valence-corrected chi connectivity index (χ0v) is 14.8. The summed E-state index contributed by atoms with van der Waals surface area (Å²) in [5, 5.41) is -0.203. The van der Waals surface area contributed by atoms with Gasteiger partial charge in [-0.1, -0.05) is 23.2 Å². The number of hydrogen-bond donors (Lipinski definition) is 1. The van der Waals surface area contributed by atoms with E-state index in [4.69, 9.17) is 33.9 Å². The number of sulfonamides is 1. The number of anilines is 1. The molecule has 0 amide bonds. The molecule has 0 spiro atoms. The fourth-order valence-electron chi connectivity index (χ4n) is 1.83. The highest BCUT2D eigenvalue weighted by molar-refractivity contribution is 8.13. The molecule has 0 bridgehead atoms. The predicted molar refractivity (Wildman–Crippen MR) is 84.4 cm³/mol. The Hall–Kier alpha value is -0.210. The van der Waals surface area contributed by atoms with Crippen LogP contribution in [0.4, 0.5) is 5.69 Å². The maximum absolute atomic E-state index is 12.0. The van der Waals surface area contributed by atoms with Crippen molar-refractivity contribution in [3.8, 4) is 0 Å². The van der Waals surface area contributed by atoms with E-state index in [1.807, 2.05) is 0 Å². The molecule has 0 aliphatic heterocycles. The van der Waals surface area contributed by atoms with Crippen molar-refractivity contribution in [1.82, 2.24) is 0 Å². The van der Waals surface area contributed by atoms with Gasteiger partial charge in [0, 0.05) is 10.7 Å². The molecule has 1 aromatic rings. The van der Waals surface area contributed by atoms with Crippen molar-refractivity contribution in [3.63, 3.8) is 0 Å². The molecule has 21 heavy (non-hydrogen) atoms. The van der Waals surface area contributed by atoms with Crippen LogP contribution in [-0.4, -0.2) is 22.6 Å². The van der Waals surface area contributed by atoms with Gasteiger partial charge in [0.05, 0.1) is 26.4 Å². The molecule has 2 rings (SSSR count). The van der Waals surface area contributed by atoms with E-state index in [-0.39, 0.29) is 37.9 Å². The second kappa shape index (κ2) is 5.77. The molecule has 1 aliphatic rings. The minimum atomic E-state index is -4.02. The minimum absolute atomic E-state index is 0.00569. The largest absolute Gasteiger partial charge is 0.280 e. The summed E-state index contributed by atoms with van der Waals surface area (Å²) in [5.74, 6) is 0.150. The van der Waals surface area contributed by atoms with Crippen LogP contribution < -0.4 is 4.72 Å². The Balaban J connectivity index is 2.43. The molecule has 1 fully saturated rings. The quantitative estimate of drug-likeness (QED) is 0.779. The summed E-state index contributed by atoms with van der Waals surface area (Å²) < 4.78 is 49.1. The summed E-state index contributed by atoms with van der Waals surface area (Å²) in [6, 6.07) is 1.08. The summed E-state index contributed by atoms with van der Waals surface area (Å²) in [6.45, 7) is 1.42. The van der Waals surface area contributed by atoms with Gasteiger partial charge in [0.25, 0.3) is 9.05 Å². The number of benzene rings is 1. The molecular weight excluding hydrogens is 381 g/mol. The Kier molecular flexibility index (Phi) is 4.71. The van der Waals surface area contributed by atoms with E-state index in [0.717, 1.165) is 18.9 Å². The highest BCUT2D eigenvalue weighted by atomic mass is 35.7. The highest BCUT2D eigenvalue weighted by Gasteiger charge is 2.29. The topological polar surface area (TPSA) is 80.3 Å². The van der Waals surface area contributed by atoms with Gasteiger partial charge in [0.15, 0.2) is 0 Å². The normalized spacial score (nSPS) is 16.0. The van der Waals surface area contributed by atoms with Crippen molar-refractivity contribution < 1.29 is 16.8 Å². The zero-order valence-electron chi connectivity index (χ0n) is 10.9. The van der Waals surface area contributed by atoms with Gasteiger partial charge in [0.1, 0.15) is 0 Å². The van der Waals surface area contributed by atoms with Gasteiger partial charge in [-0.05, 0) is 37.3 Å². The molecule has 1 aliphatic carbocycles. The van der Waals surface area contributed by atoms with Crippen LogP contribution in [0.5, 0.6) is 0 Å². The molecule has 0 unspecified atom stereocenters. The second-order valence-electron chi connectivity index (χ2n) is 4.94. The van der Waals surface area contributed by atoms with Crippen molar-refractivity contribution in [1.29, 1.82) is 0 Å². The van der Waals surface area contributed by atoms with E-state index in [9.17, 15) is 16.8 Å². The Morgan fingerprint density at radius 3 is 2.29 bits per heavy atom. The van der Waals surface area contributed by atoms with Gasteiger partial charge in [-0.15, -0.1) is 0 Å². The molecule has 0 heterocycles. The maximum Gasteiger partial charge on any atom is 0.261 e. The first kappa shape index (κ1) is 17.1. The van der Waals surface area contributed by atoms with Crippen LogP contribution in [0.25, 0.3) is 0 Å². The van der Waals surface area contributed by atoms with Gasteiger partial charge in [-0.3, -0.25) is 4.72 Å². The lowest BCUT2D eigenvalue weighted by Crippen LogP contribution is -2.18. The van der Waals surface area contributed by atoms with Gasteiger partial charge < -0.3 is 0 Å². The molecule has 1 saturated carbocycles. The van der Waals surface area contributed by atoms with Crippen LogP contribution in [0.3, 0.4) is 0 Å². The Morgan fingerprint density at radius 2 is 1.81 bits per heavy atom. The Labute approximate surface area is 138 Å². The monoisotopic (exact) mass is 391 g/mol. The minimum Gasteiger partial charge on any atom is -0.280 e. The average molecular weight is 393 g/mol. The van der Waals surface area contributed by atoms with Crippen molar-refractivity contribution in [3.05, 3.63) is 21.7 Å². The van der Waals surface area contributed by atoms with Crippen molar-refractivity contribution in [2.24, 2.45) is 5.92 Å². The number of halogens is 3. The SMILES string of the molecule is Cc1c(S(=O)(=O)Cl)cc(Cl)c(NS(=O)(=O)CC2CC2)c1Cl. The molecule has 1 N–H and O–H groups in total. The third-order valence-electron chi connectivity index (χ3n) is 3.09. The van der Waals surface area contributed by atoms with E-state index in [2.05, 4.69) is 4.72 Å². The fourth-order valence-corrected chi connectivity index (χ4v) is 5.39. The summed E-state index contributed by atoms with van der Waals surface area (Å²) in [7, 11) is -2.32. The smallest absolute Gasteiger partial charge is 0.261 e. The Morgan fingerprint density at radius 1 is 1.24 bits per heavy atom. The van der Waals surface area contributed by atoms with Crippen LogP contribution in [0.2, 0.25) is 10.0 Å². The third-order valence-corrected chi connectivity index (χ3v) is 6.73. The van der Waals surface area contributed by atoms with Crippen LogP contribution in [0.15, 0.2) is 11.0 Å². The summed E-state index contributed by atoms with van der Waals surface area (Å²) >= 11 is 12.0. The lowest BCUT2D eigenvalue weighted by Gasteiger charge is -2.14. The number of rotatable bonds is 5. The van der Waals surface area contributed by atoms with Crippen LogP contribution >= 0.6 is 33.9 Å². The third kappa shape index (κ3) is 4.16. The maximum atomic E-state index is 12.0. The highest BCUT2D eigenvalue weighted by Crippen LogP contribution is 2.39. The number of nitrogens with one attached hydrogen (secondary N) is 1. The molecule has 0 aromatic heterocycles. The lowest BCUT2D eigenvalue weighted by atomic mass is 10.2. The summed E-state index contributed by atoms with van der Waals surface area (Å²) in [5.41, 5.74) is 0.112. The van der Waals surface area contributed by atoms with E-state index < -0.39 is 19.1 Å². The van der Waals surface area contributed by atoms with Gasteiger partial charge in [0.2, 0.25) is 10.0 Å². The lowest BCUT2D eigenvalue weighted by molar-refractivity contribution is 0.597. The van der Waals surface area contributed by atoms with Gasteiger partial charge in [-0.2, -0.15) is 0 Å². The molecular formula is C11H12Cl3NO4S2. The molecule has 0 atom stereocenters. The van der Waals surface area contributed by atoms with E-state index in [0.29, 0.717) is 0 Å². The molecule has 5 nitrogen and oxygen atoms in total. The van der Waals surface area contributed by atoms with Crippen molar-refractivity contribution >= 4 is 58.6 Å². The zero-order chi connectivity index (χ0) is 16.0. The summed E-state index contributed by atoms with van der Waals surface area (Å²) in [6.07, 6.45) is 1.76. The van der Waals surface area contributed by atoms with Gasteiger partial charge in [-0.25, -0.2) is 16.8 Å². The molecule has 10 heteroatoms. The van der Waals surface area contributed by atoms with Crippen molar-refractivity contribution in [2.45, 2.75) is 24.7 Å². The first-order valence-corrected chi connectivity index (χ1v) is 10.7. The van der Waals surface area contributed by atoms with Crippen molar-refractivity contribution in [2.75, 3.05) is 10.5 Å². The first-order chi connectivity index (χ1) is 9.51. The summed E-state index contributed by atoms with van der Waals surface area (Å²) in [4.78, 5) is -0.246. The van der Waals surface area contributed by atoms with E-state index in [1.165, 1.54) is 6.92 Å². The first-order valence-electron chi connectivity index (χ1n) is 5.95. The van der Waals surface area contributed by atoms with E-state index in [1.54, 1.807) is 0 Å². The Bertz CT molecular complexity index is 786. The van der Waals surface area contributed by atoms with Crippen LogP contribution in [-0.2, 0) is 19.1 Å². The fraction of sp³-hybridized carbons (Fsp3) is 0.455. The van der Waals surface area contributed by atoms with Gasteiger partial charge >= 0.3 is 0 Å². The predicted octanol–water partition coefficient (Wildman–Crippen LogP) is 3.38. The molecule has 0 radical (unpaired) electrons. The second-order valence-corrected chi connectivity index (χ2v) is 10.0.